The maximum absolute atomic E-state index is 13.4. The summed E-state index contributed by atoms with van der Waals surface area (Å²) in [6.45, 7) is 5.53. The Labute approximate surface area is 119 Å². The zero-order valence-electron chi connectivity index (χ0n) is 11.9. The van der Waals surface area contributed by atoms with Gasteiger partial charge in [0.2, 0.25) is 5.91 Å². The van der Waals surface area contributed by atoms with Gasteiger partial charge in [0.05, 0.1) is 18.3 Å². The zero-order valence-corrected chi connectivity index (χ0v) is 11.9. The van der Waals surface area contributed by atoms with E-state index in [1.54, 1.807) is 12.1 Å². The van der Waals surface area contributed by atoms with Gasteiger partial charge in [0.1, 0.15) is 5.82 Å². The summed E-state index contributed by atoms with van der Waals surface area (Å²) < 4.78 is 13.4. The molecular weight excluding hydrogens is 257 g/mol. The number of amides is 1. The molecule has 0 heterocycles. The van der Waals surface area contributed by atoms with E-state index in [0.29, 0.717) is 18.9 Å². The number of benzene rings is 1. The second-order valence-electron chi connectivity index (χ2n) is 5.07. The fraction of sp³-hybridized carbons (Fsp3) is 0.467. The van der Waals surface area contributed by atoms with E-state index in [1.165, 1.54) is 12.1 Å². The van der Waals surface area contributed by atoms with E-state index < -0.39 is 5.82 Å². The van der Waals surface area contributed by atoms with Gasteiger partial charge in [0.15, 0.2) is 0 Å². The minimum absolute atomic E-state index is 0.161. The molecule has 4 nitrogen and oxygen atoms in total. The molecule has 1 aromatic rings. The lowest BCUT2D eigenvalue weighted by molar-refractivity contribution is -0.117. The average Bonchev–Trinajstić information content (AvgIpc) is 2.38. The Hall–Kier alpha value is -1.93. The molecule has 1 aromatic carbocycles. The van der Waals surface area contributed by atoms with Crippen LogP contribution in [-0.2, 0) is 4.79 Å². The zero-order chi connectivity index (χ0) is 15.0. The molecule has 0 aromatic heterocycles. The molecule has 0 aliphatic heterocycles. The Morgan fingerprint density at radius 3 is 2.75 bits per heavy atom. The van der Waals surface area contributed by atoms with Gasteiger partial charge in [-0.1, -0.05) is 26.0 Å². The van der Waals surface area contributed by atoms with Crippen molar-refractivity contribution in [1.82, 2.24) is 4.90 Å². The van der Waals surface area contributed by atoms with Crippen molar-refractivity contribution in [3.05, 3.63) is 30.1 Å². The highest BCUT2D eigenvalue weighted by Crippen LogP contribution is 2.12. The average molecular weight is 277 g/mol. The molecular formula is C15H20FN3O. The van der Waals surface area contributed by atoms with Gasteiger partial charge in [0.25, 0.3) is 0 Å². The van der Waals surface area contributed by atoms with E-state index in [0.717, 1.165) is 6.54 Å². The number of hydrogen-bond acceptors (Lipinski definition) is 3. The number of carbonyl (C=O) groups excluding carboxylic acids is 1. The number of nitriles is 1. The van der Waals surface area contributed by atoms with Gasteiger partial charge in [-0.05, 0) is 18.1 Å². The number of hydrogen-bond donors (Lipinski definition) is 1. The lowest BCUT2D eigenvalue weighted by Gasteiger charge is -2.22. The van der Waals surface area contributed by atoms with Gasteiger partial charge < -0.3 is 5.32 Å². The van der Waals surface area contributed by atoms with Crippen molar-refractivity contribution < 1.29 is 9.18 Å². The van der Waals surface area contributed by atoms with Crippen molar-refractivity contribution in [2.24, 2.45) is 5.92 Å². The van der Waals surface area contributed by atoms with Gasteiger partial charge >= 0.3 is 0 Å². The molecule has 1 N–H and O–H groups in total. The molecule has 0 unspecified atom stereocenters. The van der Waals surface area contributed by atoms with Crippen LogP contribution in [0.1, 0.15) is 20.3 Å². The number of carbonyl (C=O) groups is 1. The van der Waals surface area contributed by atoms with Crippen LogP contribution in [0.2, 0.25) is 0 Å². The molecule has 0 fully saturated rings. The third-order valence-corrected chi connectivity index (χ3v) is 2.68. The second-order valence-corrected chi connectivity index (χ2v) is 5.07. The third kappa shape index (κ3) is 5.81. The minimum Gasteiger partial charge on any atom is -0.322 e. The Balaban J connectivity index is 2.57. The first-order valence-electron chi connectivity index (χ1n) is 6.66. The summed E-state index contributed by atoms with van der Waals surface area (Å²) in [5.74, 6) is -0.322. The molecule has 20 heavy (non-hydrogen) atoms. The Morgan fingerprint density at radius 1 is 1.45 bits per heavy atom. The minimum atomic E-state index is -0.451. The Morgan fingerprint density at radius 2 is 2.15 bits per heavy atom. The van der Waals surface area contributed by atoms with Crippen LogP contribution in [0.25, 0.3) is 0 Å². The first-order chi connectivity index (χ1) is 9.52. The normalized spacial score (nSPS) is 10.6. The van der Waals surface area contributed by atoms with Crippen molar-refractivity contribution in [2.45, 2.75) is 20.3 Å². The first-order valence-corrected chi connectivity index (χ1v) is 6.66. The number of nitrogens with one attached hydrogen (secondary N) is 1. The highest BCUT2D eigenvalue weighted by atomic mass is 19.1. The molecule has 0 saturated carbocycles. The molecule has 5 heteroatoms. The number of anilines is 1. The van der Waals surface area contributed by atoms with Crippen LogP contribution in [0.3, 0.4) is 0 Å². The van der Waals surface area contributed by atoms with Crippen LogP contribution in [0, 0.1) is 23.1 Å². The fourth-order valence-corrected chi connectivity index (χ4v) is 1.91. The molecule has 0 aliphatic carbocycles. The molecule has 0 bridgehead atoms. The summed E-state index contributed by atoms with van der Waals surface area (Å²) in [6.07, 6.45) is 0.375. The lowest BCUT2D eigenvalue weighted by Crippen LogP contribution is -2.36. The molecule has 1 amide bonds. The van der Waals surface area contributed by atoms with E-state index in [1.807, 2.05) is 18.7 Å². The summed E-state index contributed by atoms with van der Waals surface area (Å²) in [5.41, 5.74) is 0.183. The molecule has 0 atom stereocenters. The van der Waals surface area contributed by atoms with E-state index in [4.69, 9.17) is 5.26 Å². The Kier molecular flexibility index (Phi) is 6.68. The van der Waals surface area contributed by atoms with Gasteiger partial charge in [0, 0.05) is 19.5 Å². The van der Waals surface area contributed by atoms with Crippen LogP contribution >= 0.6 is 0 Å². The van der Waals surface area contributed by atoms with Crippen molar-refractivity contribution >= 4 is 11.6 Å². The van der Waals surface area contributed by atoms with Gasteiger partial charge in [-0.3, -0.25) is 9.69 Å². The topological polar surface area (TPSA) is 56.1 Å². The summed E-state index contributed by atoms with van der Waals surface area (Å²) in [6, 6.07) is 8.14. The largest absolute Gasteiger partial charge is 0.322 e. The third-order valence-electron chi connectivity index (χ3n) is 2.68. The van der Waals surface area contributed by atoms with Gasteiger partial charge in [-0.2, -0.15) is 5.26 Å². The maximum Gasteiger partial charge on any atom is 0.238 e. The van der Waals surface area contributed by atoms with Crippen LogP contribution < -0.4 is 5.32 Å². The van der Waals surface area contributed by atoms with Crippen molar-refractivity contribution in [2.75, 3.05) is 25.0 Å². The van der Waals surface area contributed by atoms with E-state index in [-0.39, 0.29) is 18.1 Å². The molecule has 0 saturated heterocycles. The predicted molar refractivity (Wildman–Crippen MR) is 76.5 cm³/mol. The highest BCUT2D eigenvalue weighted by Gasteiger charge is 2.13. The summed E-state index contributed by atoms with van der Waals surface area (Å²) in [7, 11) is 0. The monoisotopic (exact) mass is 277 g/mol. The maximum atomic E-state index is 13.4. The van der Waals surface area contributed by atoms with Crippen LogP contribution in [0.4, 0.5) is 10.1 Å². The van der Waals surface area contributed by atoms with E-state index >= 15 is 0 Å². The smallest absolute Gasteiger partial charge is 0.238 e. The fourth-order valence-electron chi connectivity index (χ4n) is 1.91. The van der Waals surface area contributed by atoms with Gasteiger partial charge in [-0.15, -0.1) is 0 Å². The van der Waals surface area contributed by atoms with Crippen LogP contribution in [-0.4, -0.2) is 30.4 Å². The van der Waals surface area contributed by atoms with Crippen molar-refractivity contribution in [1.29, 1.82) is 5.26 Å². The summed E-state index contributed by atoms with van der Waals surface area (Å²) in [4.78, 5) is 13.8. The standard InChI is InChI=1S/C15H20FN3O/c1-12(2)10-19(9-5-8-17)11-15(20)18-14-7-4-3-6-13(14)16/h3-4,6-7,12H,5,9-11H2,1-2H3,(H,18,20). The van der Waals surface area contributed by atoms with Crippen LogP contribution in [0.5, 0.6) is 0 Å². The van der Waals surface area contributed by atoms with Crippen molar-refractivity contribution in [3.8, 4) is 6.07 Å². The molecule has 1 rings (SSSR count). The van der Waals surface area contributed by atoms with Crippen LogP contribution in [0.15, 0.2) is 24.3 Å². The van der Waals surface area contributed by atoms with Crippen molar-refractivity contribution in [3.63, 3.8) is 0 Å². The molecule has 0 aliphatic rings. The molecule has 0 radical (unpaired) electrons. The summed E-state index contributed by atoms with van der Waals surface area (Å²) >= 11 is 0. The molecule has 0 spiro atoms. The quantitative estimate of drug-likeness (QED) is 0.833. The lowest BCUT2D eigenvalue weighted by atomic mass is 10.2. The SMILES string of the molecule is CC(C)CN(CCC#N)CC(=O)Nc1ccccc1F. The van der Waals surface area contributed by atoms with Gasteiger partial charge in [-0.25, -0.2) is 4.39 Å². The molecule has 108 valence electrons. The Bertz CT molecular complexity index is 482. The summed E-state index contributed by atoms with van der Waals surface area (Å²) in [5, 5.41) is 11.2. The second kappa shape index (κ2) is 8.28. The number of nitrogens with zero attached hydrogens (tertiary/aromatic N) is 2. The number of para-hydroxylation sites is 1. The highest BCUT2D eigenvalue weighted by molar-refractivity contribution is 5.92. The first kappa shape index (κ1) is 16.1. The number of halogens is 1. The number of rotatable bonds is 7. The predicted octanol–water partition coefficient (Wildman–Crippen LogP) is 2.64. The van der Waals surface area contributed by atoms with E-state index in [9.17, 15) is 9.18 Å². The van der Waals surface area contributed by atoms with E-state index in [2.05, 4.69) is 11.4 Å².